The standard InChI is InChI=1S/C23H25ClFN3/c1-13(2)15-9-7-10-16(14(3)4)21(15)27-23-20(26)12-18(24)22(28-23)17-8-5-6-11-19(17)25/h5-14H,26H2,1-4H3,(H,27,28). The van der Waals surface area contributed by atoms with Gasteiger partial charge in [-0.1, -0.05) is 69.6 Å². The van der Waals surface area contributed by atoms with E-state index in [0.717, 1.165) is 5.69 Å². The summed E-state index contributed by atoms with van der Waals surface area (Å²) >= 11 is 6.34. The number of aromatic nitrogens is 1. The summed E-state index contributed by atoms with van der Waals surface area (Å²) < 4.78 is 14.3. The Kier molecular flexibility index (Phi) is 5.90. The first-order valence-corrected chi connectivity index (χ1v) is 9.78. The van der Waals surface area contributed by atoms with Crippen molar-refractivity contribution < 1.29 is 4.39 Å². The van der Waals surface area contributed by atoms with Crippen molar-refractivity contribution in [1.82, 2.24) is 4.98 Å². The summed E-state index contributed by atoms with van der Waals surface area (Å²) in [6.45, 7) is 8.59. The fourth-order valence-electron chi connectivity index (χ4n) is 3.26. The summed E-state index contributed by atoms with van der Waals surface area (Å²) in [5.41, 5.74) is 10.7. The number of rotatable bonds is 5. The van der Waals surface area contributed by atoms with Crippen LogP contribution in [0.15, 0.2) is 48.5 Å². The van der Waals surface area contributed by atoms with Gasteiger partial charge in [0.25, 0.3) is 0 Å². The number of benzene rings is 2. The van der Waals surface area contributed by atoms with Crippen LogP contribution in [-0.4, -0.2) is 4.98 Å². The summed E-state index contributed by atoms with van der Waals surface area (Å²) in [5, 5.41) is 3.73. The van der Waals surface area contributed by atoms with E-state index in [9.17, 15) is 4.39 Å². The molecule has 146 valence electrons. The van der Waals surface area contributed by atoms with Crippen LogP contribution in [0.1, 0.15) is 50.7 Å². The van der Waals surface area contributed by atoms with E-state index in [0.29, 0.717) is 39.6 Å². The first-order valence-electron chi connectivity index (χ1n) is 9.40. The molecule has 2 aromatic carbocycles. The Morgan fingerprint density at radius 1 is 0.964 bits per heavy atom. The average Bonchev–Trinajstić information content (AvgIpc) is 2.64. The smallest absolute Gasteiger partial charge is 0.154 e. The molecule has 3 N–H and O–H groups in total. The maximum Gasteiger partial charge on any atom is 0.154 e. The van der Waals surface area contributed by atoms with E-state index in [1.165, 1.54) is 17.2 Å². The van der Waals surface area contributed by atoms with E-state index in [-0.39, 0.29) is 5.82 Å². The normalized spacial score (nSPS) is 11.3. The number of para-hydroxylation sites is 1. The van der Waals surface area contributed by atoms with E-state index >= 15 is 0 Å². The highest BCUT2D eigenvalue weighted by Crippen LogP contribution is 2.38. The first kappa shape index (κ1) is 20.2. The molecule has 0 amide bonds. The zero-order valence-corrected chi connectivity index (χ0v) is 17.3. The van der Waals surface area contributed by atoms with Crippen molar-refractivity contribution in [2.24, 2.45) is 0 Å². The Bertz CT molecular complexity index is 973. The van der Waals surface area contributed by atoms with E-state index in [2.05, 4.69) is 56.2 Å². The van der Waals surface area contributed by atoms with Crippen LogP contribution >= 0.6 is 11.6 Å². The molecule has 3 rings (SSSR count). The number of nitrogens with zero attached hydrogens (tertiary/aromatic N) is 1. The number of pyridine rings is 1. The van der Waals surface area contributed by atoms with Gasteiger partial charge in [0.15, 0.2) is 5.82 Å². The summed E-state index contributed by atoms with van der Waals surface area (Å²) in [6, 6.07) is 14.3. The fourth-order valence-corrected chi connectivity index (χ4v) is 3.52. The number of halogens is 2. The summed E-state index contributed by atoms with van der Waals surface area (Å²) in [5.74, 6) is 0.734. The van der Waals surface area contributed by atoms with Crippen molar-refractivity contribution in [3.8, 4) is 11.3 Å². The minimum Gasteiger partial charge on any atom is -0.396 e. The minimum absolute atomic E-state index is 0.314. The number of nitrogens with two attached hydrogens (primary N) is 1. The Balaban J connectivity index is 2.14. The van der Waals surface area contributed by atoms with Crippen LogP contribution in [-0.2, 0) is 0 Å². The number of hydrogen-bond acceptors (Lipinski definition) is 3. The van der Waals surface area contributed by atoms with Crippen LogP contribution in [0.5, 0.6) is 0 Å². The van der Waals surface area contributed by atoms with E-state index < -0.39 is 0 Å². The number of hydrogen-bond donors (Lipinski definition) is 2. The molecular formula is C23H25ClFN3. The maximum atomic E-state index is 14.3. The Morgan fingerprint density at radius 3 is 2.14 bits per heavy atom. The van der Waals surface area contributed by atoms with E-state index in [1.54, 1.807) is 24.3 Å². The van der Waals surface area contributed by atoms with Crippen LogP contribution in [0.3, 0.4) is 0 Å². The molecule has 0 aliphatic carbocycles. The lowest BCUT2D eigenvalue weighted by molar-refractivity contribution is 0.631. The predicted octanol–water partition coefficient (Wildman–Crippen LogP) is 7.11. The van der Waals surface area contributed by atoms with Gasteiger partial charge in [0.2, 0.25) is 0 Å². The second kappa shape index (κ2) is 8.19. The molecule has 0 aliphatic rings. The number of nitrogen functional groups attached to an aromatic ring is 1. The van der Waals surface area contributed by atoms with Crippen LogP contribution in [0.2, 0.25) is 5.02 Å². The molecule has 5 heteroatoms. The molecule has 0 saturated heterocycles. The van der Waals surface area contributed by atoms with Crippen molar-refractivity contribution in [3.63, 3.8) is 0 Å². The molecule has 3 nitrogen and oxygen atoms in total. The molecule has 0 radical (unpaired) electrons. The zero-order chi connectivity index (χ0) is 20.4. The van der Waals surface area contributed by atoms with Gasteiger partial charge in [-0.2, -0.15) is 0 Å². The highest BCUT2D eigenvalue weighted by atomic mass is 35.5. The highest BCUT2D eigenvalue weighted by molar-refractivity contribution is 6.33. The van der Waals surface area contributed by atoms with Gasteiger partial charge in [0.05, 0.1) is 16.4 Å². The Morgan fingerprint density at radius 2 is 1.57 bits per heavy atom. The maximum absolute atomic E-state index is 14.3. The van der Waals surface area contributed by atoms with Crippen molar-refractivity contribution in [1.29, 1.82) is 0 Å². The molecular weight excluding hydrogens is 373 g/mol. The van der Waals surface area contributed by atoms with Gasteiger partial charge in [0.1, 0.15) is 5.82 Å². The molecule has 1 aromatic heterocycles. The van der Waals surface area contributed by atoms with Crippen LogP contribution in [0.25, 0.3) is 11.3 Å². The average molecular weight is 398 g/mol. The molecule has 0 atom stereocenters. The van der Waals surface area contributed by atoms with Crippen molar-refractivity contribution >= 4 is 28.8 Å². The van der Waals surface area contributed by atoms with Gasteiger partial charge in [-0.05, 0) is 41.2 Å². The zero-order valence-electron chi connectivity index (χ0n) is 16.6. The van der Waals surface area contributed by atoms with Gasteiger partial charge >= 0.3 is 0 Å². The molecule has 0 saturated carbocycles. The highest BCUT2D eigenvalue weighted by Gasteiger charge is 2.18. The van der Waals surface area contributed by atoms with Crippen molar-refractivity contribution in [3.05, 3.63) is 70.5 Å². The summed E-state index contributed by atoms with van der Waals surface area (Å²) in [4.78, 5) is 4.59. The lowest BCUT2D eigenvalue weighted by Crippen LogP contribution is -2.07. The quantitative estimate of drug-likeness (QED) is 0.482. The van der Waals surface area contributed by atoms with Crippen LogP contribution < -0.4 is 11.1 Å². The molecule has 3 aromatic rings. The van der Waals surface area contributed by atoms with Crippen molar-refractivity contribution in [2.45, 2.75) is 39.5 Å². The predicted molar refractivity (Wildman–Crippen MR) is 117 cm³/mol. The fraction of sp³-hybridized carbons (Fsp3) is 0.261. The van der Waals surface area contributed by atoms with Gasteiger partial charge in [0, 0.05) is 11.3 Å². The molecule has 1 heterocycles. The molecule has 0 aliphatic heterocycles. The number of anilines is 3. The third kappa shape index (κ3) is 3.97. The van der Waals surface area contributed by atoms with Crippen LogP contribution in [0.4, 0.5) is 21.6 Å². The van der Waals surface area contributed by atoms with Gasteiger partial charge < -0.3 is 11.1 Å². The summed E-state index contributed by atoms with van der Waals surface area (Å²) in [7, 11) is 0. The van der Waals surface area contributed by atoms with E-state index in [4.69, 9.17) is 17.3 Å². The molecule has 0 unspecified atom stereocenters. The SMILES string of the molecule is CC(C)c1cccc(C(C)C)c1Nc1nc(-c2ccccc2F)c(Cl)cc1N. The van der Waals surface area contributed by atoms with Gasteiger partial charge in [-0.15, -0.1) is 0 Å². The second-order valence-electron chi connectivity index (χ2n) is 7.48. The largest absolute Gasteiger partial charge is 0.396 e. The van der Waals surface area contributed by atoms with Crippen molar-refractivity contribution in [2.75, 3.05) is 11.1 Å². The summed E-state index contributed by atoms with van der Waals surface area (Å²) in [6.07, 6.45) is 0. The van der Waals surface area contributed by atoms with Crippen LogP contribution in [0, 0.1) is 5.82 Å². The monoisotopic (exact) mass is 397 g/mol. The van der Waals surface area contributed by atoms with Gasteiger partial charge in [-0.3, -0.25) is 0 Å². The number of nitrogens with one attached hydrogen (secondary N) is 1. The second-order valence-corrected chi connectivity index (χ2v) is 7.89. The third-order valence-electron chi connectivity index (χ3n) is 4.75. The topological polar surface area (TPSA) is 50.9 Å². The molecule has 28 heavy (non-hydrogen) atoms. The third-order valence-corrected chi connectivity index (χ3v) is 5.04. The first-order chi connectivity index (χ1) is 13.3. The minimum atomic E-state index is -0.377. The van der Waals surface area contributed by atoms with E-state index in [1.807, 2.05) is 0 Å². The van der Waals surface area contributed by atoms with Gasteiger partial charge in [-0.25, -0.2) is 9.37 Å². The lowest BCUT2D eigenvalue weighted by Gasteiger charge is -2.21. The Hall–Kier alpha value is -2.59. The molecule has 0 bridgehead atoms. The molecule has 0 spiro atoms. The Labute approximate surface area is 170 Å². The lowest BCUT2D eigenvalue weighted by atomic mass is 9.92. The molecule has 0 fully saturated rings.